The Morgan fingerprint density at radius 2 is 2.00 bits per heavy atom. The number of likely N-dealkylation sites (N-methyl/N-ethyl adjacent to an activating group) is 1. The van der Waals surface area contributed by atoms with E-state index in [2.05, 4.69) is 10.4 Å². The standard InChI is InChI=1S/C18H23N5O2/c1-21(2)17(24)15-9-6-11-23(15)18(25)19-16-10-12-22(20-16)13-14-7-4-3-5-8-14/h3-5,7-8,10,12,15H,6,9,11,13H2,1-2H3,(H,19,20,25)/t15-/m1/s1. The number of carbonyl (C=O) groups excluding carboxylic acids is 2. The highest BCUT2D eigenvalue weighted by Crippen LogP contribution is 2.20. The van der Waals surface area contributed by atoms with Crippen molar-refractivity contribution in [2.24, 2.45) is 0 Å². The number of nitrogens with one attached hydrogen (secondary N) is 1. The molecular formula is C18H23N5O2. The van der Waals surface area contributed by atoms with Gasteiger partial charge in [0.2, 0.25) is 5.91 Å². The third kappa shape index (κ3) is 3.99. The van der Waals surface area contributed by atoms with Crippen LogP contribution in [0.3, 0.4) is 0 Å². The van der Waals surface area contributed by atoms with E-state index in [1.54, 1.807) is 29.7 Å². The van der Waals surface area contributed by atoms with Crippen LogP contribution in [0.4, 0.5) is 10.6 Å². The summed E-state index contributed by atoms with van der Waals surface area (Å²) in [5, 5.41) is 7.18. The van der Waals surface area contributed by atoms with Gasteiger partial charge in [-0.05, 0) is 18.4 Å². The van der Waals surface area contributed by atoms with Crippen LogP contribution >= 0.6 is 0 Å². The van der Waals surface area contributed by atoms with Crippen molar-refractivity contribution >= 4 is 17.8 Å². The molecule has 3 amide bonds. The number of aromatic nitrogens is 2. The minimum Gasteiger partial charge on any atom is -0.347 e. The number of hydrogen-bond acceptors (Lipinski definition) is 3. The molecule has 0 saturated carbocycles. The summed E-state index contributed by atoms with van der Waals surface area (Å²) in [4.78, 5) is 27.8. The average Bonchev–Trinajstić information content (AvgIpc) is 3.24. The van der Waals surface area contributed by atoms with Crippen molar-refractivity contribution in [3.8, 4) is 0 Å². The minimum atomic E-state index is -0.388. The maximum atomic E-state index is 12.5. The van der Waals surface area contributed by atoms with E-state index >= 15 is 0 Å². The van der Waals surface area contributed by atoms with E-state index in [9.17, 15) is 9.59 Å². The number of amides is 3. The first kappa shape index (κ1) is 17.0. The molecule has 25 heavy (non-hydrogen) atoms. The van der Waals surface area contributed by atoms with Gasteiger partial charge in [-0.1, -0.05) is 30.3 Å². The zero-order valence-electron chi connectivity index (χ0n) is 14.6. The Bertz CT molecular complexity index is 741. The summed E-state index contributed by atoms with van der Waals surface area (Å²) in [6, 6.07) is 11.1. The van der Waals surface area contributed by atoms with Gasteiger partial charge in [-0.25, -0.2) is 4.79 Å². The monoisotopic (exact) mass is 341 g/mol. The molecule has 1 atom stereocenters. The molecule has 0 aliphatic carbocycles. The molecule has 3 rings (SSSR count). The van der Waals surface area contributed by atoms with Gasteiger partial charge in [-0.3, -0.25) is 14.8 Å². The lowest BCUT2D eigenvalue weighted by molar-refractivity contribution is -0.132. The summed E-state index contributed by atoms with van der Waals surface area (Å²) in [7, 11) is 3.42. The third-order valence-corrected chi connectivity index (χ3v) is 4.30. The van der Waals surface area contributed by atoms with Crippen molar-refractivity contribution < 1.29 is 9.59 Å². The van der Waals surface area contributed by atoms with Crippen LogP contribution in [0.2, 0.25) is 0 Å². The summed E-state index contributed by atoms with van der Waals surface area (Å²) in [6.07, 6.45) is 3.36. The average molecular weight is 341 g/mol. The highest BCUT2D eigenvalue weighted by atomic mass is 16.2. The Hall–Kier alpha value is -2.83. The summed E-state index contributed by atoms with van der Waals surface area (Å²) in [5.41, 5.74) is 1.14. The number of rotatable bonds is 4. The molecule has 0 unspecified atom stereocenters. The Balaban J connectivity index is 1.62. The number of hydrogen-bond donors (Lipinski definition) is 1. The van der Waals surface area contributed by atoms with Gasteiger partial charge in [0.1, 0.15) is 6.04 Å². The minimum absolute atomic E-state index is 0.0396. The van der Waals surface area contributed by atoms with Gasteiger partial charge in [0.05, 0.1) is 6.54 Å². The maximum Gasteiger partial charge on any atom is 0.323 e. The lowest BCUT2D eigenvalue weighted by atomic mass is 10.2. The first-order chi connectivity index (χ1) is 12.0. The summed E-state index contributed by atoms with van der Waals surface area (Å²) >= 11 is 0. The van der Waals surface area contributed by atoms with E-state index in [1.807, 2.05) is 36.5 Å². The molecule has 7 heteroatoms. The molecule has 0 bridgehead atoms. The number of urea groups is 1. The predicted octanol–water partition coefficient (Wildman–Crippen LogP) is 2.02. The summed E-state index contributed by atoms with van der Waals surface area (Å²) in [6.45, 7) is 1.23. The van der Waals surface area contributed by atoms with Crippen molar-refractivity contribution in [2.75, 3.05) is 26.0 Å². The lowest BCUT2D eigenvalue weighted by Gasteiger charge is -2.25. The molecule has 0 radical (unpaired) electrons. The quantitative estimate of drug-likeness (QED) is 0.925. The fourth-order valence-corrected chi connectivity index (χ4v) is 3.03. The number of benzene rings is 1. The molecule has 1 aliphatic heterocycles. The maximum absolute atomic E-state index is 12.5. The zero-order chi connectivity index (χ0) is 17.8. The van der Waals surface area contributed by atoms with Crippen molar-refractivity contribution in [3.63, 3.8) is 0 Å². The van der Waals surface area contributed by atoms with Crippen LogP contribution in [-0.2, 0) is 11.3 Å². The van der Waals surface area contributed by atoms with Crippen LogP contribution in [0.15, 0.2) is 42.6 Å². The Morgan fingerprint density at radius 1 is 1.24 bits per heavy atom. The van der Waals surface area contributed by atoms with Crippen LogP contribution < -0.4 is 5.32 Å². The first-order valence-corrected chi connectivity index (χ1v) is 8.41. The van der Waals surface area contributed by atoms with Gasteiger partial charge < -0.3 is 9.80 Å². The van der Waals surface area contributed by atoms with Gasteiger partial charge in [-0.2, -0.15) is 5.10 Å². The van der Waals surface area contributed by atoms with Crippen molar-refractivity contribution in [1.29, 1.82) is 0 Å². The fourth-order valence-electron chi connectivity index (χ4n) is 3.03. The molecule has 1 N–H and O–H groups in total. The topological polar surface area (TPSA) is 70.5 Å². The molecule has 0 spiro atoms. The number of carbonyl (C=O) groups is 2. The predicted molar refractivity (Wildman–Crippen MR) is 95.2 cm³/mol. The highest BCUT2D eigenvalue weighted by Gasteiger charge is 2.35. The molecule has 1 saturated heterocycles. The lowest BCUT2D eigenvalue weighted by Crippen LogP contribution is -2.47. The van der Waals surface area contributed by atoms with Crippen LogP contribution in [-0.4, -0.2) is 58.2 Å². The largest absolute Gasteiger partial charge is 0.347 e. The molecule has 1 aliphatic rings. The first-order valence-electron chi connectivity index (χ1n) is 8.41. The molecule has 2 heterocycles. The molecule has 1 aromatic carbocycles. The van der Waals surface area contributed by atoms with Gasteiger partial charge in [0, 0.05) is 32.9 Å². The van der Waals surface area contributed by atoms with Gasteiger partial charge in [-0.15, -0.1) is 0 Å². The van der Waals surface area contributed by atoms with Crippen LogP contribution in [0, 0.1) is 0 Å². The van der Waals surface area contributed by atoms with E-state index in [-0.39, 0.29) is 18.0 Å². The molecular weight excluding hydrogens is 318 g/mol. The molecule has 132 valence electrons. The van der Waals surface area contributed by atoms with E-state index < -0.39 is 0 Å². The second-order valence-electron chi connectivity index (χ2n) is 6.40. The van der Waals surface area contributed by atoms with E-state index in [4.69, 9.17) is 0 Å². The number of nitrogens with zero attached hydrogens (tertiary/aromatic N) is 4. The normalized spacial score (nSPS) is 16.7. The van der Waals surface area contributed by atoms with Crippen molar-refractivity contribution in [3.05, 3.63) is 48.2 Å². The smallest absolute Gasteiger partial charge is 0.323 e. The Kier molecular flexibility index (Phi) is 5.02. The second-order valence-corrected chi connectivity index (χ2v) is 6.40. The second kappa shape index (κ2) is 7.38. The molecule has 2 aromatic rings. The van der Waals surface area contributed by atoms with Gasteiger partial charge in [0.25, 0.3) is 0 Å². The molecule has 7 nitrogen and oxygen atoms in total. The summed E-state index contributed by atoms with van der Waals surface area (Å²) < 4.78 is 1.78. The number of likely N-dealkylation sites (tertiary alicyclic amines) is 1. The summed E-state index contributed by atoms with van der Waals surface area (Å²) in [5.74, 6) is 0.450. The van der Waals surface area contributed by atoms with Crippen LogP contribution in [0.25, 0.3) is 0 Å². The van der Waals surface area contributed by atoms with Crippen LogP contribution in [0.1, 0.15) is 18.4 Å². The van der Waals surface area contributed by atoms with Crippen molar-refractivity contribution in [2.45, 2.75) is 25.4 Å². The van der Waals surface area contributed by atoms with Crippen LogP contribution in [0.5, 0.6) is 0 Å². The van der Waals surface area contributed by atoms with E-state index in [0.29, 0.717) is 25.3 Å². The fraction of sp³-hybridized carbons (Fsp3) is 0.389. The van der Waals surface area contributed by atoms with Gasteiger partial charge in [0.15, 0.2) is 5.82 Å². The third-order valence-electron chi connectivity index (χ3n) is 4.30. The zero-order valence-corrected chi connectivity index (χ0v) is 14.6. The molecule has 1 aromatic heterocycles. The Morgan fingerprint density at radius 3 is 2.72 bits per heavy atom. The van der Waals surface area contributed by atoms with E-state index in [1.165, 1.54) is 4.90 Å². The highest BCUT2D eigenvalue weighted by molar-refractivity contribution is 5.93. The van der Waals surface area contributed by atoms with Gasteiger partial charge >= 0.3 is 6.03 Å². The Labute approximate surface area is 147 Å². The number of anilines is 1. The molecule has 1 fully saturated rings. The SMILES string of the molecule is CN(C)C(=O)[C@H]1CCCN1C(=O)Nc1ccn(Cc2ccccc2)n1. The van der Waals surface area contributed by atoms with Crippen molar-refractivity contribution in [1.82, 2.24) is 19.6 Å². The van der Waals surface area contributed by atoms with E-state index in [0.717, 1.165) is 12.0 Å².